The fraction of sp³-hybridized carbons (Fsp3) is 0.133. The highest BCUT2D eigenvalue weighted by Crippen LogP contribution is 2.26. The number of non-ortho nitro benzene ring substituents is 1. The normalized spacial score (nSPS) is 11.8. The fourth-order valence-electron chi connectivity index (χ4n) is 1.94. The molecule has 0 radical (unpaired) electrons. The Bertz CT molecular complexity index is 717. The number of benzene rings is 2. The number of hydrogen-bond donors (Lipinski definition) is 1. The highest BCUT2D eigenvalue weighted by molar-refractivity contribution is 6.35. The summed E-state index contributed by atoms with van der Waals surface area (Å²) in [6.07, 6.45) is 0. The summed E-state index contributed by atoms with van der Waals surface area (Å²) in [5.41, 5.74) is 1.01. The third-order valence-electron chi connectivity index (χ3n) is 3.12. The first-order chi connectivity index (χ1) is 10.4. The summed E-state index contributed by atoms with van der Waals surface area (Å²) in [6, 6.07) is 10.1. The third-order valence-corrected chi connectivity index (χ3v) is 3.68. The molecule has 0 spiro atoms. The minimum absolute atomic E-state index is 0.0645. The number of nitrogens with one attached hydrogen (secondary N) is 1. The van der Waals surface area contributed by atoms with E-state index in [1.54, 1.807) is 25.1 Å². The molecule has 0 fully saturated rings. The largest absolute Gasteiger partial charge is 0.345 e. The number of carbonyl (C=O) groups is 1. The van der Waals surface area contributed by atoms with E-state index in [0.29, 0.717) is 15.6 Å². The SMILES string of the molecule is C[C@H](NC(=O)c1ccc([N+](=O)[O-])cc1)c1ccc(Cl)cc1Cl. The molecule has 0 saturated heterocycles. The van der Waals surface area contributed by atoms with Crippen LogP contribution in [-0.2, 0) is 0 Å². The number of nitrogens with zero attached hydrogens (tertiary/aromatic N) is 1. The van der Waals surface area contributed by atoms with E-state index in [9.17, 15) is 14.9 Å². The van der Waals surface area contributed by atoms with Gasteiger partial charge in [-0.2, -0.15) is 0 Å². The van der Waals surface area contributed by atoms with Crippen molar-refractivity contribution in [1.82, 2.24) is 5.32 Å². The number of nitro groups is 1. The Balaban J connectivity index is 2.12. The van der Waals surface area contributed by atoms with Crippen molar-refractivity contribution in [3.63, 3.8) is 0 Å². The molecule has 0 aromatic heterocycles. The van der Waals surface area contributed by atoms with Gasteiger partial charge >= 0.3 is 0 Å². The zero-order chi connectivity index (χ0) is 16.3. The Kier molecular flexibility index (Phi) is 5.00. The van der Waals surface area contributed by atoms with Crippen LogP contribution in [-0.4, -0.2) is 10.8 Å². The Hall–Kier alpha value is -2.11. The number of rotatable bonds is 4. The van der Waals surface area contributed by atoms with E-state index >= 15 is 0 Å². The van der Waals surface area contributed by atoms with Crippen LogP contribution in [0.1, 0.15) is 28.9 Å². The third kappa shape index (κ3) is 3.75. The van der Waals surface area contributed by atoms with Crippen molar-refractivity contribution in [1.29, 1.82) is 0 Å². The molecular weight excluding hydrogens is 327 g/mol. The maximum Gasteiger partial charge on any atom is 0.269 e. The van der Waals surface area contributed by atoms with Crippen molar-refractivity contribution in [2.75, 3.05) is 0 Å². The Morgan fingerprint density at radius 3 is 2.36 bits per heavy atom. The fourth-order valence-corrected chi connectivity index (χ4v) is 2.52. The Morgan fingerprint density at radius 2 is 1.82 bits per heavy atom. The van der Waals surface area contributed by atoms with Crippen LogP contribution in [0.2, 0.25) is 10.0 Å². The summed E-state index contributed by atoms with van der Waals surface area (Å²) in [5, 5.41) is 14.4. The summed E-state index contributed by atoms with van der Waals surface area (Å²) in [6.45, 7) is 1.79. The van der Waals surface area contributed by atoms with Crippen LogP contribution in [0.3, 0.4) is 0 Å². The van der Waals surface area contributed by atoms with Crippen LogP contribution in [0.25, 0.3) is 0 Å². The highest BCUT2D eigenvalue weighted by atomic mass is 35.5. The monoisotopic (exact) mass is 338 g/mol. The van der Waals surface area contributed by atoms with Gasteiger partial charge in [0.15, 0.2) is 0 Å². The molecule has 22 heavy (non-hydrogen) atoms. The lowest BCUT2D eigenvalue weighted by Gasteiger charge is -2.16. The molecule has 1 amide bonds. The lowest BCUT2D eigenvalue weighted by Crippen LogP contribution is -2.26. The molecule has 0 aliphatic carbocycles. The first kappa shape index (κ1) is 16.3. The van der Waals surface area contributed by atoms with Crippen LogP contribution < -0.4 is 5.32 Å². The van der Waals surface area contributed by atoms with E-state index < -0.39 is 4.92 Å². The smallest absolute Gasteiger partial charge is 0.269 e. The van der Waals surface area contributed by atoms with E-state index in [1.165, 1.54) is 24.3 Å². The lowest BCUT2D eigenvalue weighted by molar-refractivity contribution is -0.384. The average Bonchev–Trinajstić information content (AvgIpc) is 2.47. The number of amides is 1. The van der Waals surface area contributed by atoms with Crippen LogP contribution in [0.5, 0.6) is 0 Å². The summed E-state index contributed by atoms with van der Waals surface area (Å²) in [4.78, 5) is 22.2. The number of carbonyl (C=O) groups excluding carboxylic acids is 1. The molecule has 2 aromatic carbocycles. The minimum Gasteiger partial charge on any atom is -0.345 e. The topological polar surface area (TPSA) is 72.2 Å². The van der Waals surface area contributed by atoms with E-state index in [2.05, 4.69) is 5.32 Å². The van der Waals surface area contributed by atoms with Gasteiger partial charge in [-0.25, -0.2) is 0 Å². The molecule has 1 N–H and O–H groups in total. The van der Waals surface area contributed by atoms with Crippen LogP contribution in [0.4, 0.5) is 5.69 Å². The second-order valence-electron chi connectivity index (χ2n) is 4.66. The van der Waals surface area contributed by atoms with Crippen LogP contribution in [0.15, 0.2) is 42.5 Å². The summed E-state index contributed by atoms with van der Waals surface area (Å²) in [7, 11) is 0. The Labute approximate surface area is 137 Å². The van der Waals surface area contributed by atoms with Gasteiger partial charge in [0.05, 0.1) is 11.0 Å². The van der Waals surface area contributed by atoms with E-state index in [1.807, 2.05) is 0 Å². The molecule has 114 valence electrons. The van der Waals surface area contributed by atoms with Crippen molar-refractivity contribution < 1.29 is 9.72 Å². The second-order valence-corrected chi connectivity index (χ2v) is 5.51. The molecule has 2 rings (SSSR count). The molecule has 7 heteroatoms. The molecule has 2 aromatic rings. The molecule has 0 unspecified atom stereocenters. The molecule has 0 heterocycles. The molecular formula is C15H12Cl2N2O3. The van der Waals surface area contributed by atoms with Crippen molar-refractivity contribution in [3.8, 4) is 0 Å². The second kappa shape index (κ2) is 6.77. The molecule has 0 saturated carbocycles. The van der Waals surface area contributed by atoms with E-state index in [4.69, 9.17) is 23.2 Å². The van der Waals surface area contributed by atoms with Gasteiger partial charge in [0, 0.05) is 27.7 Å². The predicted molar refractivity (Wildman–Crippen MR) is 85.4 cm³/mol. The van der Waals surface area contributed by atoms with Crippen molar-refractivity contribution in [3.05, 3.63) is 73.8 Å². The first-order valence-electron chi connectivity index (χ1n) is 6.38. The van der Waals surface area contributed by atoms with Gasteiger partial charge in [0.25, 0.3) is 11.6 Å². The first-order valence-corrected chi connectivity index (χ1v) is 7.14. The molecule has 0 bridgehead atoms. The number of nitro benzene ring substituents is 1. The Morgan fingerprint density at radius 1 is 1.18 bits per heavy atom. The minimum atomic E-state index is -0.516. The van der Waals surface area contributed by atoms with Gasteiger partial charge in [0.2, 0.25) is 0 Å². The number of hydrogen-bond acceptors (Lipinski definition) is 3. The van der Waals surface area contributed by atoms with E-state index in [0.717, 1.165) is 5.56 Å². The van der Waals surface area contributed by atoms with Gasteiger partial charge in [-0.15, -0.1) is 0 Å². The maximum absolute atomic E-state index is 12.1. The maximum atomic E-state index is 12.1. The van der Waals surface area contributed by atoms with E-state index in [-0.39, 0.29) is 17.6 Å². The van der Waals surface area contributed by atoms with Crippen LogP contribution >= 0.6 is 23.2 Å². The zero-order valence-electron chi connectivity index (χ0n) is 11.5. The molecule has 5 nitrogen and oxygen atoms in total. The average molecular weight is 339 g/mol. The van der Waals surface area contributed by atoms with Crippen molar-refractivity contribution in [2.45, 2.75) is 13.0 Å². The van der Waals surface area contributed by atoms with Gasteiger partial charge in [-0.05, 0) is 36.8 Å². The predicted octanol–water partition coefficient (Wildman–Crippen LogP) is 4.39. The van der Waals surface area contributed by atoms with Gasteiger partial charge < -0.3 is 5.32 Å². The van der Waals surface area contributed by atoms with Crippen molar-refractivity contribution >= 4 is 34.8 Å². The van der Waals surface area contributed by atoms with Gasteiger partial charge in [-0.1, -0.05) is 29.3 Å². The summed E-state index contributed by atoms with van der Waals surface area (Å²) in [5.74, 6) is -0.339. The molecule has 1 atom stereocenters. The quantitative estimate of drug-likeness (QED) is 0.663. The van der Waals surface area contributed by atoms with Crippen molar-refractivity contribution in [2.24, 2.45) is 0 Å². The summed E-state index contributed by atoms with van der Waals surface area (Å²) < 4.78 is 0. The van der Waals surface area contributed by atoms with Gasteiger partial charge in [0.1, 0.15) is 0 Å². The standard InChI is InChI=1S/C15H12Cl2N2O3/c1-9(13-7-4-11(16)8-14(13)17)18-15(20)10-2-5-12(6-3-10)19(21)22/h2-9H,1H3,(H,18,20)/t9-/m0/s1. The molecule has 0 aliphatic rings. The summed E-state index contributed by atoms with van der Waals surface area (Å²) >= 11 is 11.9. The molecule has 0 aliphatic heterocycles. The lowest BCUT2D eigenvalue weighted by atomic mass is 10.1. The highest BCUT2D eigenvalue weighted by Gasteiger charge is 2.15. The van der Waals surface area contributed by atoms with Gasteiger partial charge in [-0.3, -0.25) is 14.9 Å². The number of halogens is 2. The zero-order valence-corrected chi connectivity index (χ0v) is 13.1. The van der Waals surface area contributed by atoms with Crippen LogP contribution in [0, 0.1) is 10.1 Å².